The molecule has 0 saturated carbocycles. The number of piperidine rings is 1. The van der Waals surface area contributed by atoms with Crippen molar-refractivity contribution in [1.29, 1.82) is 0 Å². The van der Waals surface area contributed by atoms with Crippen molar-refractivity contribution < 1.29 is 9.53 Å². The Morgan fingerprint density at radius 1 is 1.32 bits per heavy atom. The summed E-state index contributed by atoms with van der Waals surface area (Å²) in [5.74, 6) is 1.25. The van der Waals surface area contributed by atoms with Gasteiger partial charge in [0.2, 0.25) is 5.88 Å². The van der Waals surface area contributed by atoms with Crippen molar-refractivity contribution in [3.63, 3.8) is 0 Å². The minimum absolute atomic E-state index is 0.0173. The summed E-state index contributed by atoms with van der Waals surface area (Å²) >= 11 is 0. The average molecular weight is 337 g/mol. The van der Waals surface area contributed by atoms with Crippen molar-refractivity contribution in [2.75, 3.05) is 13.1 Å². The molecule has 0 aliphatic carbocycles. The summed E-state index contributed by atoms with van der Waals surface area (Å²) in [6, 6.07) is 7.28. The number of benzene rings is 1. The fourth-order valence-electron chi connectivity index (χ4n) is 3.14. The predicted octanol–water partition coefficient (Wildman–Crippen LogP) is 2.34. The van der Waals surface area contributed by atoms with Crippen LogP contribution in [0.4, 0.5) is 0 Å². The minimum Gasteiger partial charge on any atom is -0.472 e. The van der Waals surface area contributed by atoms with Gasteiger partial charge < -0.3 is 14.6 Å². The van der Waals surface area contributed by atoms with Gasteiger partial charge >= 0.3 is 0 Å². The monoisotopic (exact) mass is 337 g/mol. The molecule has 7 nitrogen and oxygen atoms in total. The number of carbonyl (C=O) groups excluding carboxylic acids is 1. The van der Waals surface area contributed by atoms with Crippen LogP contribution in [0.15, 0.2) is 36.8 Å². The SMILES string of the molecule is Cc1nccc(OC2CCCN(C(=O)c3ccc4nc[nH]c4c3)C2)n1. The van der Waals surface area contributed by atoms with Crippen LogP contribution in [0, 0.1) is 6.92 Å². The van der Waals surface area contributed by atoms with Gasteiger partial charge in [0.15, 0.2) is 0 Å². The first-order valence-electron chi connectivity index (χ1n) is 8.38. The van der Waals surface area contributed by atoms with E-state index in [0.717, 1.165) is 30.4 Å². The molecule has 3 heterocycles. The third-order valence-corrected chi connectivity index (χ3v) is 4.37. The molecular formula is C18H19N5O2. The highest BCUT2D eigenvalue weighted by Crippen LogP contribution is 2.20. The van der Waals surface area contributed by atoms with Gasteiger partial charge in [0, 0.05) is 24.4 Å². The largest absolute Gasteiger partial charge is 0.472 e. The minimum atomic E-state index is -0.0529. The topological polar surface area (TPSA) is 84.0 Å². The van der Waals surface area contributed by atoms with E-state index in [0.29, 0.717) is 23.8 Å². The van der Waals surface area contributed by atoms with E-state index < -0.39 is 0 Å². The summed E-state index contributed by atoms with van der Waals surface area (Å²) in [5.41, 5.74) is 2.39. The Bertz CT molecular complexity index is 907. The van der Waals surface area contributed by atoms with Gasteiger partial charge in [-0.25, -0.2) is 9.97 Å². The van der Waals surface area contributed by atoms with Gasteiger partial charge in [0.25, 0.3) is 5.91 Å². The van der Waals surface area contributed by atoms with E-state index in [1.165, 1.54) is 0 Å². The second-order valence-electron chi connectivity index (χ2n) is 6.21. The molecule has 25 heavy (non-hydrogen) atoms. The molecule has 4 rings (SSSR count). The Morgan fingerprint density at radius 2 is 2.24 bits per heavy atom. The number of rotatable bonds is 3. The number of aromatic amines is 1. The third-order valence-electron chi connectivity index (χ3n) is 4.37. The van der Waals surface area contributed by atoms with Gasteiger partial charge in [-0.05, 0) is 38.0 Å². The number of fused-ring (bicyclic) bond motifs is 1. The van der Waals surface area contributed by atoms with E-state index in [1.807, 2.05) is 30.0 Å². The number of aromatic nitrogens is 4. The van der Waals surface area contributed by atoms with E-state index >= 15 is 0 Å². The molecule has 1 atom stereocenters. The van der Waals surface area contributed by atoms with Gasteiger partial charge in [0.05, 0.1) is 23.9 Å². The van der Waals surface area contributed by atoms with Gasteiger partial charge in [-0.15, -0.1) is 0 Å². The van der Waals surface area contributed by atoms with E-state index in [9.17, 15) is 4.79 Å². The third kappa shape index (κ3) is 3.31. The number of amides is 1. The summed E-state index contributed by atoms with van der Waals surface area (Å²) in [4.78, 5) is 30.3. The summed E-state index contributed by atoms with van der Waals surface area (Å²) in [6.07, 6.45) is 5.08. The van der Waals surface area contributed by atoms with Gasteiger partial charge in [-0.3, -0.25) is 4.79 Å². The Morgan fingerprint density at radius 3 is 3.12 bits per heavy atom. The first-order chi connectivity index (χ1) is 12.2. The Balaban J connectivity index is 1.47. The smallest absolute Gasteiger partial charge is 0.254 e. The number of hydrogen-bond acceptors (Lipinski definition) is 5. The summed E-state index contributed by atoms with van der Waals surface area (Å²) in [7, 11) is 0. The number of likely N-dealkylation sites (tertiary alicyclic amines) is 1. The molecule has 0 radical (unpaired) electrons. The summed E-state index contributed by atoms with van der Waals surface area (Å²) in [6.45, 7) is 3.13. The van der Waals surface area contributed by atoms with E-state index in [4.69, 9.17) is 4.74 Å². The van der Waals surface area contributed by atoms with Crippen LogP contribution in [0.3, 0.4) is 0 Å². The molecule has 2 aromatic heterocycles. The van der Waals surface area contributed by atoms with Gasteiger partial charge in [-0.2, -0.15) is 4.98 Å². The number of H-pyrrole nitrogens is 1. The lowest BCUT2D eigenvalue weighted by atomic mass is 10.1. The van der Waals surface area contributed by atoms with Gasteiger partial charge in [0.1, 0.15) is 11.9 Å². The molecule has 1 aliphatic heterocycles. The lowest BCUT2D eigenvalue weighted by molar-refractivity contribution is 0.0527. The summed E-state index contributed by atoms with van der Waals surface area (Å²) < 4.78 is 5.95. The molecule has 1 aromatic carbocycles. The number of imidazole rings is 1. The van der Waals surface area contributed by atoms with Crippen LogP contribution in [-0.2, 0) is 0 Å². The molecular weight excluding hydrogens is 318 g/mol. The molecule has 1 amide bonds. The molecule has 1 unspecified atom stereocenters. The molecule has 1 aliphatic rings. The maximum Gasteiger partial charge on any atom is 0.254 e. The number of carbonyl (C=O) groups is 1. The fraction of sp³-hybridized carbons (Fsp3) is 0.333. The molecule has 7 heteroatoms. The van der Waals surface area contributed by atoms with Crippen molar-refractivity contribution in [1.82, 2.24) is 24.8 Å². The van der Waals surface area contributed by atoms with Crippen molar-refractivity contribution in [3.05, 3.63) is 48.2 Å². The number of aryl methyl sites for hydroxylation is 1. The number of ether oxygens (including phenoxy) is 1. The van der Waals surface area contributed by atoms with E-state index in [-0.39, 0.29) is 12.0 Å². The summed E-state index contributed by atoms with van der Waals surface area (Å²) in [5, 5.41) is 0. The molecule has 128 valence electrons. The zero-order valence-electron chi connectivity index (χ0n) is 14.0. The van der Waals surface area contributed by atoms with E-state index in [2.05, 4.69) is 19.9 Å². The fourth-order valence-corrected chi connectivity index (χ4v) is 3.14. The quantitative estimate of drug-likeness (QED) is 0.793. The van der Waals surface area contributed by atoms with Crippen molar-refractivity contribution in [2.24, 2.45) is 0 Å². The zero-order chi connectivity index (χ0) is 17.2. The second-order valence-corrected chi connectivity index (χ2v) is 6.21. The maximum absolute atomic E-state index is 12.8. The Kier molecular flexibility index (Phi) is 4.05. The number of nitrogens with one attached hydrogen (secondary N) is 1. The highest BCUT2D eigenvalue weighted by molar-refractivity contribution is 5.97. The highest BCUT2D eigenvalue weighted by atomic mass is 16.5. The maximum atomic E-state index is 12.8. The molecule has 0 spiro atoms. The highest BCUT2D eigenvalue weighted by Gasteiger charge is 2.26. The van der Waals surface area contributed by atoms with Crippen LogP contribution in [0.1, 0.15) is 29.0 Å². The van der Waals surface area contributed by atoms with Crippen molar-refractivity contribution in [2.45, 2.75) is 25.9 Å². The van der Waals surface area contributed by atoms with Crippen LogP contribution < -0.4 is 4.74 Å². The van der Waals surface area contributed by atoms with E-state index in [1.54, 1.807) is 18.6 Å². The molecule has 1 fully saturated rings. The van der Waals surface area contributed by atoms with Crippen LogP contribution in [-0.4, -0.2) is 49.9 Å². The van der Waals surface area contributed by atoms with Gasteiger partial charge in [-0.1, -0.05) is 0 Å². The lowest BCUT2D eigenvalue weighted by Gasteiger charge is -2.32. The molecule has 0 bridgehead atoms. The van der Waals surface area contributed by atoms with Crippen LogP contribution in [0.5, 0.6) is 5.88 Å². The first kappa shape index (κ1) is 15.6. The number of nitrogens with zero attached hydrogens (tertiary/aromatic N) is 4. The van der Waals surface area contributed by atoms with Crippen molar-refractivity contribution in [3.8, 4) is 5.88 Å². The predicted molar refractivity (Wildman–Crippen MR) is 92.4 cm³/mol. The normalized spacial score (nSPS) is 17.6. The molecule has 1 saturated heterocycles. The molecule has 1 N–H and O–H groups in total. The average Bonchev–Trinajstić information content (AvgIpc) is 3.09. The van der Waals surface area contributed by atoms with Crippen LogP contribution in [0.25, 0.3) is 11.0 Å². The number of hydrogen-bond donors (Lipinski definition) is 1. The second kappa shape index (κ2) is 6.51. The van der Waals surface area contributed by atoms with Crippen LogP contribution in [0.2, 0.25) is 0 Å². The van der Waals surface area contributed by atoms with Crippen molar-refractivity contribution >= 4 is 16.9 Å². The Labute approximate surface area is 145 Å². The lowest BCUT2D eigenvalue weighted by Crippen LogP contribution is -2.44. The Hall–Kier alpha value is -2.96. The standard InChI is InChI=1S/C18H19N5O2/c1-12-19-7-6-17(22-12)25-14-3-2-8-23(10-14)18(24)13-4-5-15-16(9-13)21-11-20-15/h4-7,9,11,14H,2-3,8,10H2,1H3,(H,20,21). The molecule has 3 aromatic rings. The first-order valence-corrected chi connectivity index (χ1v) is 8.38. The zero-order valence-corrected chi connectivity index (χ0v) is 14.0. The van der Waals surface area contributed by atoms with Crippen LogP contribution >= 0.6 is 0 Å².